The number of nitrogens with one attached hydrogen (secondary N) is 2. The first kappa shape index (κ1) is 22.7. The number of aromatic amines is 1. The Bertz CT molecular complexity index is 1410. The van der Waals surface area contributed by atoms with E-state index in [0.29, 0.717) is 40.3 Å². The predicted octanol–water partition coefficient (Wildman–Crippen LogP) is 4.42. The van der Waals surface area contributed by atoms with Crippen molar-refractivity contribution in [3.63, 3.8) is 0 Å². The average molecular weight is 492 g/mol. The minimum atomic E-state index is -4.86. The summed E-state index contributed by atoms with van der Waals surface area (Å²) < 4.78 is 43.5. The van der Waals surface area contributed by atoms with Gasteiger partial charge in [0.15, 0.2) is 0 Å². The van der Waals surface area contributed by atoms with E-state index in [-0.39, 0.29) is 22.5 Å². The maximum atomic E-state index is 13.1. The first-order chi connectivity index (χ1) is 16.3. The minimum Gasteiger partial charge on any atom is -0.404 e. The number of halogens is 4. The van der Waals surface area contributed by atoms with Crippen molar-refractivity contribution in [1.29, 1.82) is 0 Å². The molecule has 0 aliphatic carbocycles. The highest BCUT2D eigenvalue weighted by molar-refractivity contribution is 6.32. The molecule has 2 N–H and O–H groups in total. The third kappa shape index (κ3) is 4.74. The molecular formula is C23H21ClF3N5O2. The Morgan fingerprint density at radius 3 is 2.62 bits per heavy atom. The van der Waals surface area contributed by atoms with Crippen molar-refractivity contribution in [1.82, 2.24) is 25.1 Å². The SMILES string of the molecule is O=c1c2ccccc2c(Cc2nc3cc(OC(F)(F)F)c(Cl)cc3[nH]2)nn1CC1CCNCC1. The zero-order valence-corrected chi connectivity index (χ0v) is 18.7. The second-order valence-electron chi connectivity index (χ2n) is 8.38. The predicted molar refractivity (Wildman–Crippen MR) is 122 cm³/mol. The number of ether oxygens (including phenoxy) is 1. The first-order valence-corrected chi connectivity index (χ1v) is 11.3. The highest BCUT2D eigenvalue weighted by Gasteiger charge is 2.32. The molecule has 5 rings (SSSR count). The van der Waals surface area contributed by atoms with Gasteiger partial charge in [0.1, 0.15) is 11.6 Å². The third-order valence-corrected chi connectivity index (χ3v) is 6.27. The van der Waals surface area contributed by atoms with E-state index < -0.39 is 12.1 Å². The molecule has 3 heterocycles. The number of fused-ring (bicyclic) bond motifs is 2. The first-order valence-electron chi connectivity index (χ1n) is 10.9. The summed E-state index contributed by atoms with van der Waals surface area (Å²) >= 11 is 5.96. The monoisotopic (exact) mass is 491 g/mol. The number of hydrogen-bond donors (Lipinski definition) is 2. The maximum Gasteiger partial charge on any atom is 0.573 e. The van der Waals surface area contributed by atoms with Crippen molar-refractivity contribution in [3.8, 4) is 5.75 Å². The van der Waals surface area contributed by atoms with E-state index in [2.05, 4.69) is 25.1 Å². The molecule has 0 unspecified atom stereocenters. The van der Waals surface area contributed by atoms with Crippen LogP contribution >= 0.6 is 11.6 Å². The fourth-order valence-corrected chi connectivity index (χ4v) is 4.58. The number of imidazole rings is 1. The zero-order chi connectivity index (χ0) is 23.9. The van der Waals surface area contributed by atoms with Crippen LogP contribution in [0.5, 0.6) is 5.75 Å². The molecule has 0 atom stereocenters. The maximum absolute atomic E-state index is 13.1. The van der Waals surface area contributed by atoms with Gasteiger partial charge in [-0.05, 0) is 44.0 Å². The number of piperidine rings is 1. The van der Waals surface area contributed by atoms with Crippen LogP contribution in [0, 0.1) is 5.92 Å². The number of nitrogens with zero attached hydrogens (tertiary/aromatic N) is 3. The second-order valence-corrected chi connectivity index (χ2v) is 8.79. The van der Waals surface area contributed by atoms with Crippen molar-refractivity contribution in [3.05, 3.63) is 63.3 Å². The quantitative estimate of drug-likeness (QED) is 0.432. The molecule has 2 aromatic carbocycles. The van der Waals surface area contributed by atoms with E-state index in [1.165, 1.54) is 10.7 Å². The lowest BCUT2D eigenvalue weighted by Crippen LogP contribution is -2.34. The summed E-state index contributed by atoms with van der Waals surface area (Å²) in [6, 6.07) is 9.76. The Morgan fingerprint density at radius 2 is 1.88 bits per heavy atom. The largest absolute Gasteiger partial charge is 0.573 e. The number of benzene rings is 2. The van der Waals surface area contributed by atoms with Gasteiger partial charge in [0, 0.05) is 18.0 Å². The lowest BCUT2D eigenvalue weighted by atomic mass is 9.98. The normalized spacial score (nSPS) is 15.3. The number of rotatable bonds is 5. The van der Waals surface area contributed by atoms with Gasteiger partial charge >= 0.3 is 6.36 Å². The molecular weight excluding hydrogens is 471 g/mol. The van der Waals surface area contributed by atoms with Crippen LogP contribution in [0.15, 0.2) is 41.2 Å². The van der Waals surface area contributed by atoms with Gasteiger partial charge in [-0.15, -0.1) is 13.2 Å². The summed E-state index contributed by atoms with van der Waals surface area (Å²) in [5.74, 6) is 0.333. The average Bonchev–Trinajstić information content (AvgIpc) is 3.18. The van der Waals surface area contributed by atoms with Gasteiger partial charge in [-0.3, -0.25) is 4.79 Å². The summed E-state index contributed by atoms with van der Waals surface area (Å²) in [6.07, 6.45) is -2.65. The molecule has 1 fully saturated rings. The Balaban J connectivity index is 1.51. The molecule has 7 nitrogen and oxygen atoms in total. The van der Waals surface area contributed by atoms with Crippen molar-refractivity contribution in [2.24, 2.45) is 5.92 Å². The summed E-state index contributed by atoms with van der Waals surface area (Å²) in [7, 11) is 0. The zero-order valence-electron chi connectivity index (χ0n) is 18.0. The van der Waals surface area contributed by atoms with Gasteiger partial charge < -0.3 is 15.0 Å². The molecule has 0 amide bonds. The number of aromatic nitrogens is 4. The van der Waals surface area contributed by atoms with Crippen LogP contribution in [0.1, 0.15) is 24.4 Å². The molecule has 1 aliphatic heterocycles. The smallest absolute Gasteiger partial charge is 0.404 e. The molecule has 0 saturated carbocycles. The van der Waals surface area contributed by atoms with Crippen LogP contribution < -0.4 is 15.6 Å². The molecule has 0 spiro atoms. The van der Waals surface area contributed by atoms with Gasteiger partial charge in [-0.25, -0.2) is 9.67 Å². The molecule has 1 saturated heterocycles. The fourth-order valence-electron chi connectivity index (χ4n) is 4.38. The Hall–Kier alpha value is -3.11. The third-order valence-electron chi connectivity index (χ3n) is 5.98. The van der Waals surface area contributed by atoms with E-state index in [1.54, 1.807) is 6.07 Å². The minimum absolute atomic E-state index is 0.136. The lowest BCUT2D eigenvalue weighted by Gasteiger charge is -2.23. The number of hydrogen-bond acceptors (Lipinski definition) is 5. The summed E-state index contributed by atoms with van der Waals surface area (Å²) in [4.78, 5) is 20.6. The van der Waals surface area contributed by atoms with Gasteiger partial charge in [-0.1, -0.05) is 29.8 Å². The topological polar surface area (TPSA) is 84.8 Å². The Labute approximate surface area is 196 Å². The molecule has 1 aliphatic rings. The number of alkyl halides is 3. The van der Waals surface area contributed by atoms with Crippen LogP contribution in [0.2, 0.25) is 5.02 Å². The van der Waals surface area contributed by atoms with Gasteiger partial charge in [-0.2, -0.15) is 5.10 Å². The molecule has 178 valence electrons. The highest BCUT2D eigenvalue weighted by atomic mass is 35.5. The van der Waals surface area contributed by atoms with Crippen molar-refractivity contribution in [2.75, 3.05) is 13.1 Å². The van der Waals surface area contributed by atoms with E-state index in [0.717, 1.165) is 32.0 Å². The second kappa shape index (κ2) is 8.92. The van der Waals surface area contributed by atoms with Crippen LogP contribution in [0.3, 0.4) is 0 Å². The molecule has 0 radical (unpaired) electrons. The van der Waals surface area contributed by atoms with E-state index in [9.17, 15) is 18.0 Å². The van der Waals surface area contributed by atoms with Crippen LogP contribution in [-0.4, -0.2) is 39.2 Å². The van der Waals surface area contributed by atoms with E-state index in [4.69, 9.17) is 11.6 Å². The van der Waals surface area contributed by atoms with Crippen LogP contribution in [0.4, 0.5) is 13.2 Å². The molecule has 34 heavy (non-hydrogen) atoms. The Kier molecular flexibility index (Phi) is 5.95. The number of H-pyrrole nitrogens is 1. The van der Waals surface area contributed by atoms with E-state index in [1.807, 2.05) is 18.2 Å². The summed E-state index contributed by atoms with van der Waals surface area (Å²) in [5.41, 5.74) is 1.28. The van der Waals surface area contributed by atoms with E-state index >= 15 is 0 Å². The lowest BCUT2D eigenvalue weighted by molar-refractivity contribution is -0.274. The summed E-state index contributed by atoms with van der Waals surface area (Å²) in [6.45, 7) is 2.37. The summed E-state index contributed by atoms with van der Waals surface area (Å²) in [5, 5.41) is 9.09. The van der Waals surface area contributed by atoms with Crippen LogP contribution in [0.25, 0.3) is 21.8 Å². The van der Waals surface area contributed by atoms with Gasteiger partial charge in [0.2, 0.25) is 0 Å². The van der Waals surface area contributed by atoms with Crippen molar-refractivity contribution in [2.45, 2.75) is 32.2 Å². The highest BCUT2D eigenvalue weighted by Crippen LogP contribution is 2.33. The van der Waals surface area contributed by atoms with Gasteiger partial charge in [0.25, 0.3) is 5.56 Å². The molecule has 0 bridgehead atoms. The molecule has 2 aromatic heterocycles. The van der Waals surface area contributed by atoms with Crippen molar-refractivity contribution < 1.29 is 17.9 Å². The van der Waals surface area contributed by atoms with Gasteiger partial charge in [0.05, 0.1) is 33.6 Å². The Morgan fingerprint density at radius 1 is 1.15 bits per heavy atom. The standard InChI is InChI=1S/C23H21ClF3N5O2/c24-16-9-18-19(10-20(16)34-23(25,26)27)30-21(29-18)11-17-14-3-1-2-4-15(14)22(33)32(31-17)12-13-5-7-28-8-6-13/h1-4,9-10,13,28H,5-8,11-12H2,(H,29,30). The van der Waals surface area contributed by atoms with Crippen molar-refractivity contribution >= 4 is 33.4 Å². The fraction of sp³-hybridized carbons (Fsp3) is 0.348. The molecule has 4 aromatic rings. The van der Waals surface area contributed by atoms with Crippen LogP contribution in [-0.2, 0) is 13.0 Å². The molecule has 11 heteroatoms.